The lowest BCUT2D eigenvalue weighted by atomic mass is 9.45. The molecule has 0 bridgehead atoms. The highest BCUT2D eigenvalue weighted by molar-refractivity contribution is 5.11. The number of rotatable bonds is 3. The first-order valence-corrected chi connectivity index (χ1v) is 10.9. The van der Waals surface area contributed by atoms with E-state index in [2.05, 4.69) is 25.8 Å². The van der Waals surface area contributed by atoms with Crippen LogP contribution in [0.15, 0.2) is 0 Å². The van der Waals surface area contributed by atoms with Crippen LogP contribution in [-0.2, 0) is 0 Å². The van der Waals surface area contributed by atoms with Gasteiger partial charge in [0.15, 0.2) is 0 Å². The van der Waals surface area contributed by atoms with Crippen molar-refractivity contribution in [3.63, 3.8) is 0 Å². The normalized spacial score (nSPS) is 52.6. The molecular weight excluding hydrogens is 310 g/mol. The summed E-state index contributed by atoms with van der Waals surface area (Å²) in [7, 11) is 2.22. The van der Waals surface area contributed by atoms with E-state index in [0.717, 1.165) is 43.1 Å². The largest absolute Gasteiger partial charge is 0.395 e. The van der Waals surface area contributed by atoms with Gasteiger partial charge >= 0.3 is 0 Å². The van der Waals surface area contributed by atoms with Crippen molar-refractivity contribution in [2.24, 2.45) is 34.5 Å². The molecule has 0 radical (unpaired) electrons. The van der Waals surface area contributed by atoms with Gasteiger partial charge < -0.3 is 15.1 Å². The van der Waals surface area contributed by atoms with Crippen molar-refractivity contribution < 1.29 is 10.2 Å². The molecule has 0 saturated heterocycles. The maximum absolute atomic E-state index is 10.2. The lowest BCUT2D eigenvalue weighted by molar-refractivity contribution is -0.128. The zero-order chi connectivity index (χ0) is 17.8. The Bertz CT molecular complexity index is 496. The number of hydrogen-bond acceptors (Lipinski definition) is 3. The Hall–Kier alpha value is -0.120. The average Bonchev–Trinajstić information content (AvgIpc) is 2.93. The Labute approximate surface area is 154 Å². The molecule has 4 saturated carbocycles. The van der Waals surface area contributed by atoms with Crippen molar-refractivity contribution in [2.45, 2.75) is 83.8 Å². The van der Waals surface area contributed by atoms with Crippen LogP contribution in [0.2, 0.25) is 0 Å². The lowest BCUT2D eigenvalue weighted by Gasteiger charge is -2.61. The van der Waals surface area contributed by atoms with Crippen LogP contribution in [0.4, 0.5) is 0 Å². The highest BCUT2D eigenvalue weighted by atomic mass is 16.3. The zero-order valence-electron chi connectivity index (χ0n) is 16.6. The van der Waals surface area contributed by atoms with E-state index in [4.69, 9.17) is 0 Å². The molecule has 4 fully saturated rings. The first-order chi connectivity index (χ1) is 11.9. The second kappa shape index (κ2) is 6.49. The molecule has 4 aliphatic rings. The van der Waals surface area contributed by atoms with Gasteiger partial charge in [-0.3, -0.25) is 0 Å². The van der Waals surface area contributed by atoms with Gasteiger partial charge in [-0.15, -0.1) is 0 Å². The molecule has 8 atom stereocenters. The molecule has 0 unspecified atom stereocenters. The SMILES string of the molecule is CN(CCO)[C@H]1CC[C@@H]2[C@@H]3CC[C@H]4C[C@@H](O)CC[C@]4(C)[C@H]3CC[C@@]21C. The van der Waals surface area contributed by atoms with E-state index < -0.39 is 0 Å². The van der Waals surface area contributed by atoms with E-state index >= 15 is 0 Å². The molecule has 0 heterocycles. The molecule has 0 aromatic rings. The van der Waals surface area contributed by atoms with Crippen LogP contribution < -0.4 is 0 Å². The minimum absolute atomic E-state index is 0.0357. The topological polar surface area (TPSA) is 43.7 Å². The van der Waals surface area contributed by atoms with Gasteiger partial charge in [0.05, 0.1) is 12.7 Å². The van der Waals surface area contributed by atoms with Crippen molar-refractivity contribution in [2.75, 3.05) is 20.2 Å². The number of fused-ring (bicyclic) bond motifs is 5. The van der Waals surface area contributed by atoms with E-state index in [1.54, 1.807) is 0 Å². The van der Waals surface area contributed by atoms with E-state index in [0.29, 0.717) is 16.9 Å². The summed E-state index contributed by atoms with van der Waals surface area (Å²) in [6.45, 7) is 6.24. The third kappa shape index (κ3) is 2.72. The minimum atomic E-state index is -0.0357. The predicted octanol–water partition coefficient (Wildman–Crippen LogP) is 3.68. The Balaban J connectivity index is 1.56. The van der Waals surface area contributed by atoms with Gasteiger partial charge in [0.25, 0.3) is 0 Å². The summed E-state index contributed by atoms with van der Waals surface area (Å²) in [6.07, 6.45) is 11.5. The second-order valence-electron chi connectivity index (χ2n) is 10.4. The average molecular weight is 350 g/mol. The zero-order valence-corrected chi connectivity index (χ0v) is 16.6. The van der Waals surface area contributed by atoms with Gasteiger partial charge in [0, 0.05) is 12.6 Å². The van der Waals surface area contributed by atoms with Gasteiger partial charge in [0.1, 0.15) is 0 Å². The van der Waals surface area contributed by atoms with E-state index in [1.807, 2.05) is 0 Å². The summed E-state index contributed by atoms with van der Waals surface area (Å²) < 4.78 is 0. The summed E-state index contributed by atoms with van der Waals surface area (Å²) in [5, 5.41) is 19.6. The van der Waals surface area contributed by atoms with E-state index in [-0.39, 0.29) is 12.7 Å². The van der Waals surface area contributed by atoms with Crippen LogP contribution >= 0.6 is 0 Å². The van der Waals surface area contributed by atoms with Gasteiger partial charge in [-0.05, 0) is 99.3 Å². The molecule has 25 heavy (non-hydrogen) atoms. The number of aliphatic hydroxyl groups excluding tert-OH is 2. The third-order valence-corrected chi connectivity index (χ3v) is 9.57. The molecular formula is C22H39NO2. The number of nitrogens with zero attached hydrogens (tertiary/aromatic N) is 1. The molecule has 144 valence electrons. The fourth-order valence-electron chi connectivity index (χ4n) is 8.25. The van der Waals surface area contributed by atoms with Crippen LogP contribution in [-0.4, -0.2) is 47.5 Å². The molecule has 3 nitrogen and oxygen atoms in total. The Morgan fingerprint density at radius 3 is 2.40 bits per heavy atom. The first kappa shape index (κ1) is 18.3. The number of aliphatic hydroxyl groups is 2. The van der Waals surface area contributed by atoms with Crippen LogP contribution in [0.1, 0.15) is 71.6 Å². The maximum Gasteiger partial charge on any atom is 0.0558 e. The van der Waals surface area contributed by atoms with Crippen molar-refractivity contribution in [3.05, 3.63) is 0 Å². The van der Waals surface area contributed by atoms with Gasteiger partial charge in [-0.2, -0.15) is 0 Å². The fraction of sp³-hybridized carbons (Fsp3) is 1.00. The van der Waals surface area contributed by atoms with Crippen molar-refractivity contribution in [3.8, 4) is 0 Å². The highest BCUT2D eigenvalue weighted by Crippen LogP contribution is 2.66. The molecule has 4 rings (SSSR count). The van der Waals surface area contributed by atoms with Crippen LogP contribution in [0, 0.1) is 34.5 Å². The third-order valence-electron chi connectivity index (χ3n) is 9.57. The molecule has 3 heteroatoms. The summed E-state index contributed by atoms with van der Waals surface area (Å²) >= 11 is 0. The first-order valence-electron chi connectivity index (χ1n) is 10.9. The van der Waals surface area contributed by atoms with Crippen molar-refractivity contribution in [1.29, 1.82) is 0 Å². The molecule has 0 aromatic heterocycles. The number of hydrogen-bond donors (Lipinski definition) is 2. The summed E-state index contributed by atoms with van der Waals surface area (Å²) in [5.41, 5.74) is 0.932. The lowest BCUT2D eigenvalue weighted by Crippen LogP contribution is -2.56. The van der Waals surface area contributed by atoms with Crippen molar-refractivity contribution >= 4 is 0 Å². The highest BCUT2D eigenvalue weighted by Gasteiger charge is 2.60. The standard InChI is InChI=1S/C22H39NO2/c1-21-10-8-16(25)14-15(21)4-5-17-18-6-7-20(23(3)12-13-24)22(18,2)11-9-19(17)21/h15-20,24-25H,4-14H2,1-3H3/t15-,16-,17-,18+,19-,20-,21-,22-/m0/s1. The molecule has 0 aromatic carbocycles. The van der Waals surface area contributed by atoms with Crippen LogP contribution in [0.5, 0.6) is 0 Å². The van der Waals surface area contributed by atoms with Crippen LogP contribution in [0.25, 0.3) is 0 Å². The van der Waals surface area contributed by atoms with Gasteiger partial charge in [-0.25, -0.2) is 0 Å². The maximum atomic E-state index is 10.2. The van der Waals surface area contributed by atoms with Gasteiger partial charge in [-0.1, -0.05) is 13.8 Å². The Morgan fingerprint density at radius 2 is 1.64 bits per heavy atom. The molecule has 0 aliphatic heterocycles. The second-order valence-corrected chi connectivity index (χ2v) is 10.4. The monoisotopic (exact) mass is 349 g/mol. The summed E-state index contributed by atoms with van der Waals surface area (Å²) in [6, 6.07) is 0.657. The smallest absolute Gasteiger partial charge is 0.0558 e. The molecule has 2 N–H and O–H groups in total. The summed E-state index contributed by atoms with van der Waals surface area (Å²) in [4.78, 5) is 2.45. The predicted molar refractivity (Wildman–Crippen MR) is 101 cm³/mol. The molecule has 0 amide bonds. The number of likely N-dealkylation sites (N-methyl/N-ethyl adjacent to an activating group) is 1. The quantitative estimate of drug-likeness (QED) is 0.817. The van der Waals surface area contributed by atoms with E-state index in [1.165, 1.54) is 44.9 Å². The Morgan fingerprint density at radius 1 is 0.920 bits per heavy atom. The summed E-state index contributed by atoms with van der Waals surface area (Å²) in [5.74, 6) is 3.43. The Kier molecular flexibility index (Phi) is 4.74. The minimum Gasteiger partial charge on any atom is -0.395 e. The van der Waals surface area contributed by atoms with Gasteiger partial charge in [0.2, 0.25) is 0 Å². The van der Waals surface area contributed by atoms with Crippen LogP contribution in [0.3, 0.4) is 0 Å². The van der Waals surface area contributed by atoms with E-state index in [9.17, 15) is 10.2 Å². The van der Waals surface area contributed by atoms with Crippen molar-refractivity contribution in [1.82, 2.24) is 4.90 Å². The molecule has 4 aliphatic carbocycles. The molecule has 0 spiro atoms. The fourth-order valence-corrected chi connectivity index (χ4v) is 8.25.